The first-order chi connectivity index (χ1) is 14.2. The van der Waals surface area contributed by atoms with Gasteiger partial charge in [0.1, 0.15) is 6.04 Å². The molecule has 0 aromatic rings. The lowest BCUT2D eigenvalue weighted by atomic mass is 9.71. The molecule has 3 rings (SSSR count). The van der Waals surface area contributed by atoms with Crippen molar-refractivity contribution in [2.45, 2.75) is 73.9 Å². The van der Waals surface area contributed by atoms with Crippen molar-refractivity contribution in [1.29, 1.82) is 0 Å². The van der Waals surface area contributed by atoms with Gasteiger partial charge in [0.15, 0.2) is 0 Å². The number of hydrogen-bond donors (Lipinski definition) is 2. The Bertz CT molecular complexity index is 692. The molecule has 7 nitrogen and oxygen atoms in total. The van der Waals surface area contributed by atoms with Crippen LogP contribution in [0.5, 0.6) is 0 Å². The topological polar surface area (TPSA) is 95.9 Å². The molecule has 30 heavy (non-hydrogen) atoms. The zero-order valence-electron chi connectivity index (χ0n) is 18.1. The molecule has 0 aliphatic carbocycles. The van der Waals surface area contributed by atoms with Gasteiger partial charge in [-0.2, -0.15) is 0 Å². The molecule has 0 saturated carbocycles. The van der Waals surface area contributed by atoms with E-state index in [9.17, 15) is 19.5 Å². The zero-order chi connectivity index (χ0) is 22.2. The number of esters is 1. The molecule has 3 fully saturated rings. The summed E-state index contributed by atoms with van der Waals surface area (Å²) in [5, 5.41) is 13.0. The molecule has 3 unspecified atom stereocenters. The number of thioether (sulfide) groups is 1. The number of fused-ring (bicyclic) bond motifs is 1. The van der Waals surface area contributed by atoms with Crippen LogP contribution in [0.25, 0.3) is 0 Å². The number of carbonyl (C=O) groups is 3. The van der Waals surface area contributed by atoms with Gasteiger partial charge in [-0.1, -0.05) is 43.1 Å². The molecular formula is C21H33BrN2O5S. The molecular weight excluding hydrogens is 472 g/mol. The molecule has 0 aromatic heterocycles. The number of aliphatic hydroxyl groups excluding tert-OH is 1. The predicted molar refractivity (Wildman–Crippen MR) is 119 cm³/mol. The van der Waals surface area contributed by atoms with Crippen LogP contribution in [0.4, 0.5) is 0 Å². The number of nitrogens with one attached hydrogen (secondary N) is 1. The Balaban J connectivity index is 2.04. The minimum Gasteiger partial charge on any atom is -0.466 e. The SMILES string of the molecule is CCCCNC(=O)C1N([C@@H](CO)C(C)C)C(=O)[C@@H]2[C@H](C(=O)OCC)[C@H]3SC12CC3Br. The van der Waals surface area contributed by atoms with Gasteiger partial charge in [-0.05, 0) is 25.7 Å². The van der Waals surface area contributed by atoms with Crippen molar-refractivity contribution in [3.63, 3.8) is 0 Å². The summed E-state index contributed by atoms with van der Waals surface area (Å²) in [6, 6.07) is -1.18. The quantitative estimate of drug-likeness (QED) is 0.283. The van der Waals surface area contributed by atoms with Crippen LogP contribution in [0.15, 0.2) is 0 Å². The van der Waals surface area contributed by atoms with E-state index in [0.29, 0.717) is 13.0 Å². The molecule has 1 spiro atoms. The summed E-state index contributed by atoms with van der Waals surface area (Å²) >= 11 is 5.30. The maximum Gasteiger partial charge on any atom is 0.310 e. The van der Waals surface area contributed by atoms with Crippen molar-refractivity contribution in [3.05, 3.63) is 0 Å². The van der Waals surface area contributed by atoms with Gasteiger partial charge in [0.05, 0.1) is 35.8 Å². The summed E-state index contributed by atoms with van der Waals surface area (Å²) in [5.41, 5.74) is 0. The van der Waals surface area contributed by atoms with Crippen LogP contribution in [0.1, 0.15) is 47.0 Å². The lowest BCUT2D eigenvalue weighted by Gasteiger charge is -2.38. The second-order valence-electron chi connectivity index (χ2n) is 8.80. The van der Waals surface area contributed by atoms with Crippen LogP contribution in [0.3, 0.4) is 0 Å². The second kappa shape index (κ2) is 9.36. The second-order valence-corrected chi connectivity index (χ2v) is 11.5. The first kappa shape index (κ1) is 23.9. The molecule has 2 N–H and O–H groups in total. The monoisotopic (exact) mass is 504 g/mol. The van der Waals surface area contributed by atoms with Crippen LogP contribution in [0.2, 0.25) is 0 Å². The minimum atomic E-state index is -0.708. The molecule has 170 valence electrons. The maximum atomic E-state index is 13.7. The van der Waals surface area contributed by atoms with E-state index in [1.807, 2.05) is 13.8 Å². The van der Waals surface area contributed by atoms with E-state index in [4.69, 9.17) is 4.74 Å². The molecule has 2 amide bonds. The van der Waals surface area contributed by atoms with Crippen LogP contribution < -0.4 is 5.32 Å². The molecule has 0 radical (unpaired) electrons. The number of hydrogen-bond acceptors (Lipinski definition) is 6. The van der Waals surface area contributed by atoms with E-state index in [0.717, 1.165) is 12.8 Å². The number of amides is 2. The highest BCUT2D eigenvalue weighted by Gasteiger charge is 2.76. The fourth-order valence-electron chi connectivity index (χ4n) is 5.34. The summed E-state index contributed by atoms with van der Waals surface area (Å²) in [5.74, 6) is -1.96. The fraction of sp³-hybridized carbons (Fsp3) is 0.857. The highest BCUT2D eigenvalue weighted by Crippen LogP contribution is 2.68. The van der Waals surface area contributed by atoms with Crippen LogP contribution in [0, 0.1) is 17.8 Å². The normalized spacial score (nSPS) is 35.6. The number of halogens is 1. The van der Waals surface area contributed by atoms with Crippen molar-refractivity contribution in [2.24, 2.45) is 17.8 Å². The van der Waals surface area contributed by atoms with Crippen molar-refractivity contribution in [1.82, 2.24) is 10.2 Å². The van der Waals surface area contributed by atoms with Crippen molar-refractivity contribution < 1.29 is 24.2 Å². The van der Waals surface area contributed by atoms with Gasteiger partial charge >= 0.3 is 5.97 Å². The lowest BCUT2D eigenvalue weighted by Crippen LogP contribution is -2.58. The Hall–Kier alpha value is -0.800. The van der Waals surface area contributed by atoms with Crippen LogP contribution in [-0.2, 0) is 19.1 Å². The average molecular weight is 505 g/mol. The Morgan fingerprint density at radius 3 is 2.67 bits per heavy atom. The third-order valence-electron chi connectivity index (χ3n) is 6.68. The number of nitrogens with zero attached hydrogens (tertiary/aromatic N) is 1. The van der Waals surface area contributed by atoms with Gasteiger partial charge < -0.3 is 20.1 Å². The van der Waals surface area contributed by atoms with Gasteiger partial charge in [-0.25, -0.2) is 0 Å². The highest BCUT2D eigenvalue weighted by atomic mass is 79.9. The zero-order valence-corrected chi connectivity index (χ0v) is 20.5. The summed E-state index contributed by atoms with van der Waals surface area (Å²) in [4.78, 5) is 41.6. The van der Waals surface area contributed by atoms with E-state index < -0.39 is 28.7 Å². The Labute approximate surface area is 191 Å². The number of carbonyl (C=O) groups excluding carboxylic acids is 3. The molecule has 2 bridgehead atoms. The van der Waals surface area contributed by atoms with E-state index in [-0.39, 0.29) is 47.0 Å². The number of likely N-dealkylation sites (tertiary alicyclic amines) is 1. The van der Waals surface area contributed by atoms with Crippen molar-refractivity contribution >= 4 is 45.5 Å². The Morgan fingerprint density at radius 2 is 2.10 bits per heavy atom. The van der Waals surface area contributed by atoms with Crippen molar-refractivity contribution in [2.75, 3.05) is 19.8 Å². The van der Waals surface area contributed by atoms with E-state index >= 15 is 0 Å². The minimum absolute atomic E-state index is 0.0249. The number of alkyl halides is 1. The average Bonchev–Trinajstić information content (AvgIpc) is 3.27. The van der Waals surface area contributed by atoms with Crippen molar-refractivity contribution in [3.8, 4) is 0 Å². The van der Waals surface area contributed by atoms with E-state index in [1.54, 1.807) is 23.6 Å². The summed E-state index contributed by atoms with van der Waals surface area (Å²) in [6.45, 7) is 8.27. The lowest BCUT2D eigenvalue weighted by molar-refractivity contribution is -0.154. The third-order valence-corrected chi connectivity index (χ3v) is 9.90. The third kappa shape index (κ3) is 3.68. The highest BCUT2D eigenvalue weighted by molar-refractivity contribution is 9.09. The predicted octanol–water partition coefficient (Wildman–Crippen LogP) is 1.95. The smallest absolute Gasteiger partial charge is 0.310 e. The standard InChI is InChI=1S/C21H33BrN2O5S/c1-5-7-8-23-18(26)17-21-9-12(22)16(30-21)14(20(28)29-6-2)15(21)19(27)24(17)13(10-25)11(3)4/h11-17,25H,5-10H2,1-4H3,(H,23,26)/t12?,13-,14-,15-,16-,17?,21?/m0/s1. The molecule has 3 heterocycles. The first-order valence-electron chi connectivity index (χ1n) is 10.9. The molecule has 7 atom stereocenters. The maximum absolute atomic E-state index is 13.7. The van der Waals surface area contributed by atoms with Gasteiger partial charge in [0, 0.05) is 16.6 Å². The van der Waals surface area contributed by atoms with E-state index in [2.05, 4.69) is 28.2 Å². The molecule has 9 heteroatoms. The van der Waals surface area contributed by atoms with Gasteiger partial charge in [-0.3, -0.25) is 14.4 Å². The van der Waals surface area contributed by atoms with Gasteiger partial charge in [0.2, 0.25) is 11.8 Å². The van der Waals surface area contributed by atoms with Crippen LogP contribution >= 0.6 is 27.7 Å². The first-order valence-corrected chi connectivity index (χ1v) is 12.7. The Morgan fingerprint density at radius 1 is 1.40 bits per heavy atom. The largest absolute Gasteiger partial charge is 0.466 e. The number of rotatable bonds is 9. The number of aliphatic hydroxyl groups is 1. The van der Waals surface area contributed by atoms with Gasteiger partial charge in [-0.15, -0.1) is 11.8 Å². The molecule has 3 aliphatic heterocycles. The number of unbranched alkanes of at least 4 members (excludes halogenated alkanes) is 1. The van der Waals surface area contributed by atoms with E-state index in [1.165, 1.54) is 0 Å². The summed E-state index contributed by atoms with van der Waals surface area (Å²) < 4.78 is 4.64. The fourth-order valence-corrected chi connectivity index (χ4v) is 8.92. The summed E-state index contributed by atoms with van der Waals surface area (Å²) in [7, 11) is 0. The molecule has 3 aliphatic rings. The Kier molecular flexibility index (Phi) is 7.45. The number of ether oxygens (including phenoxy) is 1. The molecule has 0 aromatic carbocycles. The van der Waals surface area contributed by atoms with Gasteiger partial charge in [0.25, 0.3) is 0 Å². The molecule has 3 saturated heterocycles. The van der Waals surface area contributed by atoms with Crippen LogP contribution in [-0.4, -0.2) is 74.5 Å². The summed E-state index contributed by atoms with van der Waals surface area (Å²) in [6.07, 6.45) is 2.45.